The molecule has 0 amide bonds. The van der Waals surface area contributed by atoms with Gasteiger partial charge in [0.1, 0.15) is 5.69 Å². The van der Waals surface area contributed by atoms with E-state index in [9.17, 15) is 25.0 Å². The molecule has 10 nitrogen and oxygen atoms in total. The maximum atomic E-state index is 12.3. The second kappa shape index (κ2) is 8.89. The van der Waals surface area contributed by atoms with Gasteiger partial charge in [-0.3, -0.25) is 25.0 Å². The third-order valence-corrected chi connectivity index (χ3v) is 3.53. The smallest absolute Gasteiger partial charge is 0.299 e. The fourth-order valence-electron chi connectivity index (χ4n) is 2.16. The van der Waals surface area contributed by atoms with E-state index in [0.29, 0.717) is 12.8 Å². The molecular formula is C14H21N5O5. The minimum absolute atomic E-state index is 0.0317. The van der Waals surface area contributed by atoms with E-state index in [-0.39, 0.29) is 18.0 Å². The van der Waals surface area contributed by atoms with E-state index in [1.54, 1.807) is 0 Å². The van der Waals surface area contributed by atoms with Gasteiger partial charge < -0.3 is 16.8 Å². The summed E-state index contributed by atoms with van der Waals surface area (Å²) in [7, 11) is 0. The summed E-state index contributed by atoms with van der Waals surface area (Å²) in [6.07, 6.45) is 1.96. The first-order valence-corrected chi connectivity index (χ1v) is 7.50. The van der Waals surface area contributed by atoms with Crippen molar-refractivity contribution in [3.63, 3.8) is 0 Å². The van der Waals surface area contributed by atoms with Gasteiger partial charge in [-0.05, 0) is 12.5 Å². The third-order valence-electron chi connectivity index (χ3n) is 3.53. The van der Waals surface area contributed by atoms with Gasteiger partial charge in [0.05, 0.1) is 28.0 Å². The molecule has 0 bridgehead atoms. The predicted molar refractivity (Wildman–Crippen MR) is 88.7 cm³/mol. The first-order chi connectivity index (χ1) is 11.3. The summed E-state index contributed by atoms with van der Waals surface area (Å²) in [6, 6.07) is 1.59. The summed E-state index contributed by atoms with van der Waals surface area (Å²) >= 11 is 0. The molecule has 0 heterocycles. The molecule has 0 aliphatic carbocycles. The molecule has 5 N–H and O–H groups in total. The van der Waals surface area contributed by atoms with E-state index < -0.39 is 33.3 Å². The number of ketones is 1. The van der Waals surface area contributed by atoms with Crippen LogP contribution in [0.25, 0.3) is 0 Å². The SMILES string of the molecule is CCCCC(Nc1ccc([N+](=O)[O-])cc1[N+](=O)[O-])C(=O)C(N)CN. The van der Waals surface area contributed by atoms with E-state index in [1.807, 2.05) is 6.92 Å². The van der Waals surface area contributed by atoms with E-state index in [2.05, 4.69) is 5.32 Å². The van der Waals surface area contributed by atoms with E-state index >= 15 is 0 Å². The minimum Gasteiger partial charge on any atom is -0.370 e. The molecule has 132 valence electrons. The van der Waals surface area contributed by atoms with Gasteiger partial charge in [0.15, 0.2) is 5.78 Å². The Labute approximate surface area is 138 Å². The second-order valence-electron chi connectivity index (χ2n) is 5.30. The number of hydrogen-bond acceptors (Lipinski definition) is 8. The van der Waals surface area contributed by atoms with Gasteiger partial charge in [-0.2, -0.15) is 0 Å². The predicted octanol–water partition coefficient (Wildman–Crippen LogP) is 1.33. The van der Waals surface area contributed by atoms with Crippen molar-refractivity contribution in [3.8, 4) is 0 Å². The molecule has 1 aromatic rings. The fraction of sp³-hybridized carbons (Fsp3) is 0.500. The maximum absolute atomic E-state index is 12.3. The van der Waals surface area contributed by atoms with Crippen molar-refractivity contribution in [2.45, 2.75) is 38.3 Å². The number of carbonyl (C=O) groups is 1. The summed E-state index contributed by atoms with van der Waals surface area (Å²) in [5.74, 6) is -0.349. The Morgan fingerprint density at radius 1 is 1.29 bits per heavy atom. The van der Waals surface area contributed by atoms with Crippen LogP contribution in [0.5, 0.6) is 0 Å². The Balaban J connectivity index is 3.14. The molecule has 0 aromatic heterocycles. The molecular weight excluding hydrogens is 318 g/mol. The monoisotopic (exact) mass is 339 g/mol. The topological polar surface area (TPSA) is 167 Å². The lowest BCUT2D eigenvalue weighted by Gasteiger charge is -2.21. The van der Waals surface area contributed by atoms with Crippen LogP contribution in [0.15, 0.2) is 18.2 Å². The van der Waals surface area contributed by atoms with Crippen LogP contribution in [0, 0.1) is 20.2 Å². The summed E-state index contributed by atoms with van der Waals surface area (Å²) in [5.41, 5.74) is 10.2. The Kier molecular flexibility index (Phi) is 7.21. The van der Waals surface area contributed by atoms with Crippen molar-refractivity contribution < 1.29 is 14.6 Å². The van der Waals surface area contributed by atoms with Crippen molar-refractivity contribution in [1.82, 2.24) is 0 Å². The lowest BCUT2D eigenvalue weighted by molar-refractivity contribution is -0.393. The van der Waals surface area contributed by atoms with Gasteiger partial charge in [-0.15, -0.1) is 0 Å². The zero-order valence-corrected chi connectivity index (χ0v) is 13.3. The fourth-order valence-corrected chi connectivity index (χ4v) is 2.16. The van der Waals surface area contributed by atoms with Gasteiger partial charge in [-0.1, -0.05) is 19.8 Å². The number of nitrogens with one attached hydrogen (secondary N) is 1. The number of benzene rings is 1. The number of nitrogens with two attached hydrogens (primary N) is 2. The van der Waals surface area contributed by atoms with Crippen LogP contribution in [-0.2, 0) is 4.79 Å². The third kappa shape index (κ3) is 4.96. The second-order valence-corrected chi connectivity index (χ2v) is 5.30. The Morgan fingerprint density at radius 3 is 2.46 bits per heavy atom. The quantitative estimate of drug-likeness (QED) is 0.423. The van der Waals surface area contributed by atoms with E-state index in [4.69, 9.17) is 11.5 Å². The van der Waals surface area contributed by atoms with Gasteiger partial charge in [-0.25, -0.2) is 0 Å². The highest BCUT2D eigenvalue weighted by Gasteiger charge is 2.27. The largest absolute Gasteiger partial charge is 0.370 e. The number of non-ortho nitro benzene ring substituents is 1. The zero-order valence-electron chi connectivity index (χ0n) is 13.3. The highest BCUT2D eigenvalue weighted by molar-refractivity contribution is 5.92. The van der Waals surface area contributed by atoms with E-state index in [1.165, 1.54) is 6.07 Å². The highest BCUT2D eigenvalue weighted by Crippen LogP contribution is 2.30. The highest BCUT2D eigenvalue weighted by atomic mass is 16.6. The molecule has 0 aliphatic rings. The number of nitrogens with zero attached hydrogens (tertiary/aromatic N) is 2. The van der Waals surface area contributed by atoms with Gasteiger partial charge in [0, 0.05) is 12.6 Å². The summed E-state index contributed by atoms with van der Waals surface area (Å²) in [6.45, 7) is 1.91. The lowest BCUT2D eigenvalue weighted by Crippen LogP contribution is -2.46. The molecule has 0 radical (unpaired) electrons. The van der Waals surface area contributed by atoms with Crippen LogP contribution in [0.2, 0.25) is 0 Å². The van der Waals surface area contributed by atoms with Gasteiger partial charge in [0.2, 0.25) is 0 Å². The van der Waals surface area contributed by atoms with Gasteiger partial charge in [0.25, 0.3) is 11.4 Å². The summed E-state index contributed by atoms with van der Waals surface area (Å²) in [4.78, 5) is 32.8. The normalized spacial score (nSPS) is 13.1. The Morgan fingerprint density at radius 2 is 1.96 bits per heavy atom. The molecule has 0 fully saturated rings. The van der Waals surface area contributed by atoms with Crippen LogP contribution in [0.4, 0.5) is 17.1 Å². The van der Waals surface area contributed by atoms with Crippen LogP contribution in [0.3, 0.4) is 0 Å². The number of rotatable bonds is 10. The van der Waals surface area contributed by atoms with Crippen LogP contribution in [0.1, 0.15) is 26.2 Å². The molecule has 2 atom stereocenters. The number of unbranched alkanes of at least 4 members (excludes halogenated alkanes) is 1. The Bertz CT molecular complexity index is 622. The molecule has 24 heavy (non-hydrogen) atoms. The van der Waals surface area contributed by atoms with Crippen molar-refractivity contribution in [2.75, 3.05) is 11.9 Å². The molecule has 1 rings (SSSR count). The first-order valence-electron chi connectivity index (χ1n) is 7.50. The molecule has 2 unspecified atom stereocenters. The number of anilines is 1. The molecule has 0 saturated heterocycles. The number of Topliss-reactive ketones (excluding diaryl/α,β-unsaturated/α-hetero) is 1. The van der Waals surface area contributed by atoms with Gasteiger partial charge >= 0.3 is 0 Å². The van der Waals surface area contributed by atoms with Crippen molar-refractivity contribution in [2.24, 2.45) is 11.5 Å². The number of nitro benzene ring substituents is 2. The van der Waals surface area contributed by atoms with Crippen LogP contribution >= 0.6 is 0 Å². The average molecular weight is 339 g/mol. The standard InChI is InChI=1S/C14H21N5O5/c1-2-3-4-12(14(20)10(16)8-15)17-11-6-5-9(18(21)22)7-13(11)19(23)24/h5-7,10,12,17H,2-4,8,15-16H2,1H3. The zero-order chi connectivity index (χ0) is 18.3. The summed E-state index contributed by atoms with van der Waals surface area (Å²) < 4.78 is 0. The van der Waals surface area contributed by atoms with Crippen LogP contribution in [-0.4, -0.2) is 34.3 Å². The molecule has 0 saturated carbocycles. The van der Waals surface area contributed by atoms with Crippen LogP contribution < -0.4 is 16.8 Å². The molecule has 1 aromatic carbocycles. The molecule has 0 spiro atoms. The molecule has 10 heteroatoms. The average Bonchev–Trinajstić information content (AvgIpc) is 2.56. The van der Waals surface area contributed by atoms with Crippen molar-refractivity contribution in [3.05, 3.63) is 38.4 Å². The summed E-state index contributed by atoms with van der Waals surface area (Å²) in [5, 5.41) is 24.7. The number of nitro groups is 2. The molecule has 0 aliphatic heterocycles. The van der Waals surface area contributed by atoms with Crippen molar-refractivity contribution in [1.29, 1.82) is 0 Å². The minimum atomic E-state index is -0.878. The number of carbonyl (C=O) groups excluding carboxylic acids is 1. The maximum Gasteiger partial charge on any atom is 0.299 e. The lowest BCUT2D eigenvalue weighted by atomic mass is 10.00. The first kappa shape index (κ1) is 19.5. The Hall–Kier alpha value is -2.59. The van der Waals surface area contributed by atoms with E-state index in [0.717, 1.165) is 18.6 Å². The number of hydrogen-bond donors (Lipinski definition) is 3. The van der Waals surface area contributed by atoms with Crippen molar-refractivity contribution >= 4 is 22.8 Å².